The molecule has 0 spiro atoms. The fourth-order valence-electron chi connectivity index (χ4n) is 2.08. The average molecular weight is 293 g/mol. The van der Waals surface area contributed by atoms with Gasteiger partial charge < -0.3 is 0 Å². The van der Waals surface area contributed by atoms with Crippen LogP contribution in [0.1, 0.15) is 52.6 Å². The van der Waals surface area contributed by atoms with Gasteiger partial charge in [0.2, 0.25) is 0 Å². The van der Waals surface area contributed by atoms with Gasteiger partial charge in [-0.3, -0.25) is 0 Å². The first kappa shape index (κ1) is 14.6. The number of rotatable bonds is 2. The average Bonchev–Trinajstić information content (AvgIpc) is 2.80. The fourth-order valence-corrected chi connectivity index (χ4v) is 3.58. The summed E-state index contributed by atoms with van der Waals surface area (Å²) < 4.78 is 0. The molecule has 0 bridgehead atoms. The van der Waals surface area contributed by atoms with Crippen molar-refractivity contribution in [3.8, 4) is 0 Å². The Kier molecular flexibility index (Phi) is 4.08. The van der Waals surface area contributed by atoms with Gasteiger partial charge in [-0.1, -0.05) is 44.5 Å². The summed E-state index contributed by atoms with van der Waals surface area (Å²) in [6, 6.07) is 10.9. The third-order valence-corrected chi connectivity index (χ3v) is 5.50. The molecule has 0 amide bonds. The van der Waals surface area contributed by atoms with E-state index in [1.165, 1.54) is 26.4 Å². The van der Waals surface area contributed by atoms with Crippen LogP contribution in [0.4, 0.5) is 0 Å². The summed E-state index contributed by atoms with van der Waals surface area (Å²) in [6.07, 6.45) is 0. The highest BCUT2D eigenvalue weighted by Gasteiger charge is 2.20. The summed E-state index contributed by atoms with van der Waals surface area (Å²) >= 11 is 8.51. The molecule has 0 aliphatic carbocycles. The Bertz CT molecular complexity index is 575. The number of alkyl halides is 1. The number of benzene rings is 1. The second-order valence-electron chi connectivity index (χ2n) is 6.17. The van der Waals surface area contributed by atoms with E-state index >= 15 is 0 Å². The molecule has 0 saturated heterocycles. The van der Waals surface area contributed by atoms with Crippen LogP contribution in [0.5, 0.6) is 0 Å². The molecule has 1 heterocycles. The summed E-state index contributed by atoms with van der Waals surface area (Å²) in [5.74, 6) is 0. The molecule has 0 nitrogen and oxygen atoms in total. The van der Waals surface area contributed by atoms with E-state index in [9.17, 15) is 0 Å². The van der Waals surface area contributed by atoms with Crippen LogP contribution in [0.2, 0.25) is 0 Å². The van der Waals surface area contributed by atoms with E-state index in [0.29, 0.717) is 0 Å². The van der Waals surface area contributed by atoms with Gasteiger partial charge in [0.05, 0.1) is 5.38 Å². The van der Waals surface area contributed by atoms with Crippen molar-refractivity contribution < 1.29 is 0 Å². The van der Waals surface area contributed by atoms with Crippen LogP contribution in [0.3, 0.4) is 0 Å². The normalized spacial score (nSPS) is 13.6. The van der Waals surface area contributed by atoms with Gasteiger partial charge in [-0.2, -0.15) is 0 Å². The third kappa shape index (κ3) is 3.21. The van der Waals surface area contributed by atoms with Gasteiger partial charge in [0.1, 0.15) is 0 Å². The van der Waals surface area contributed by atoms with Crippen molar-refractivity contribution in [3.05, 3.63) is 56.8 Å². The van der Waals surface area contributed by atoms with E-state index in [4.69, 9.17) is 11.6 Å². The van der Waals surface area contributed by atoms with Crippen molar-refractivity contribution in [1.29, 1.82) is 0 Å². The quantitative estimate of drug-likeness (QED) is 0.596. The maximum atomic E-state index is 6.68. The Hall–Kier alpha value is -0.790. The van der Waals surface area contributed by atoms with E-state index in [1.54, 1.807) is 0 Å². The van der Waals surface area contributed by atoms with Crippen LogP contribution < -0.4 is 0 Å². The highest BCUT2D eigenvalue weighted by molar-refractivity contribution is 7.12. The first-order chi connectivity index (χ1) is 8.79. The zero-order chi connectivity index (χ0) is 14.2. The molecule has 1 aromatic heterocycles. The summed E-state index contributed by atoms with van der Waals surface area (Å²) in [6.45, 7) is 11.0. The van der Waals surface area contributed by atoms with Gasteiger partial charge in [0.15, 0.2) is 0 Å². The van der Waals surface area contributed by atoms with Crippen molar-refractivity contribution in [2.45, 2.75) is 45.4 Å². The molecule has 2 heteroatoms. The van der Waals surface area contributed by atoms with Crippen molar-refractivity contribution >= 4 is 22.9 Å². The Morgan fingerprint density at radius 1 is 1.05 bits per heavy atom. The third-order valence-electron chi connectivity index (χ3n) is 3.32. The lowest BCUT2D eigenvalue weighted by molar-refractivity contribution is 0.604. The molecule has 1 atom stereocenters. The fraction of sp³-hybridized carbons (Fsp3) is 0.412. The minimum absolute atomic E-state index is 0.0407. The molecule has 102 valence electrons. The van der Waals surface area contributed by atoms with Gasteiger partial charge in [0.25, 0.3) is 0 Å². The van der Waals surface area contributed by atoms with E-state index in [1.807, 2.05) is 11.3 Å². The number of hydrogen-bond donors (Lipinski definition) is 0. The number of aryl methyl sites for hydroxylation is 2. The van der Waals surface area contributed by atoms with E-state index in [2.05, 4.69) is 65.0 Å². The second kappa shape index (κ2) is 5.30. The molecular weight excluding hydrogens is 272 g/mol. The van der Waals surface area contributed by atoms with Crippen LogP contribution in [0.15, 0.2) is 30.3 Å². The highest BCUT2D eigenvalue weighted by Crippen LogP contribution is 2.38. The van der Waals surface area contributed by atoms with E-state index in [-0.39, 0.29) is 10.8 Å². The van der Waals surface area contributed by atoms with Gasteiger partial charge >= 0.3 is 0 Å². The topological polar surface area (TPSA) is 0 Å². The molecule has 0 saturated carbocycles. The molecule has 0 fully saturated rings. The van der Waals surface area contributed by atoms with Gasteiger partial charge in [0, 0.05) is 9.75 Å². The Labute approximate surface area is 125 Å². The summed E-state index contributed by atoms with van der Waals surface area (Å²) in [7, 11) is 0. The van der Waals surface area contributed by atoms with Crippen LogP contribution in [0.25, 0.3) is 0 Å². The zero-order valence-corrected chi connectivity index (χ0v) is 13.8. The second-order valence-corrected chi connectivity index (χ2v) is 7.73. The summed E-state index contributed by atoms with van der Waals surface area (Å²) in [4.78, 5) is 2.62. The molecule has 2 rings (SSSR count). The van der Waals surface area contributed by atoms with Gasteiger partial charge in [-0.15, -0.1) is 22.9 Å². The molecular formula is C17H21ClS. The molecule has 0 aliphatic rings. The lowest BCUT2D eigenvalue weighted by atomic mass is 9.95. The predicted molar refractivity (Wildman–Crippen MR) is 86.6 cm³/mol. The van der Waals surface area contributed by atoms with Gasteiger partial charge in [-0.25, -0.2) is 0 Å². The largest absolute Gasteiger partial charge is 0.143 e. The van der Waals surface area contributed by atoms with Crippen molar-refractivity contribution in [3.63, 3.8) is 0 Å². The lowest BCUT2D eigenvalue weighted by Crippen LogP contribution is -2.07. The molecule has 19 heavy (non-hydrogen) atoms. The minimum Gasteiger partial charge on any atom is -0.143 e. The first-order valence-corrected chi connectivity index (χ1v) is 7.86. The molecule has 0 radical (unpaired) electrons. The number of thiophene rings is 1. The SMILES string of the molecule is Cc1ccc(C)c(C(Cl)c2ccc(C(C)(C)C)s2)c1. The van der Waals surface area contributed by atoms with E-state index < -0.39 is 0 Å². The predicted octanol–water partition coefficient (Wildman–Crippen LogP) is 5.99. The zero-order valence-electron chi connectivity index (χ0n) is 12.3. The molecule has 0 N–H and O–H groups in total. The first-order valence-electron chi connectivity index (χ1n) is 6.60. The summed E-state index contributed by atoms with van der Waals surface area (Å²) in [5, 5.41) is -0.0407. The molecule has 1 unspecified atom stereocenters. The number of halogens is 1. The van der Waals surface area contributed by atoms with Crippen LogP contribution in [-0.4, -0.2) is 0 Å². The Morgan fingerprint density at radius 2 is 1.74 bits per heavy atom. The molecule has 0 aliphatic heterocycles. The van der Waals surface area contributed by atoms with Gasteiger partial charge in [-0.05, 0) is 42.5 Å². The standard InChI is InChI=1S/C17H21ClS/c1-11-6-7-12(2)13(10-11)16(18)14-8-9-15(19-14)17(3,4)5/h6-10,16H,1-5H3. The Morgan fingerprint density at radius 3 is 2.32 bits per heavy atom. The minimum atomic E-state index is -0.0407. The monoisotopic (exact) mass is 292 g/mol. The van der Waals surface area contributed by atoms with E-state index in [0.717, 1.165) is 0 Å². The summed E-state index contributed by atoms with van der Waals surface area (Å²) in [5.41, 5.74) is 3.94. The lowest BCUT2D eigenvalue weighted by Gasteiger charge is -2.16. The highest BCUT2D eigenvalue weighted by atomic mass is 35.5. The van der Waals surface area contributed by atoms with Crippen molar-refractivity contribution in [1.82, 2.24) is 0 Å². The maximum absolute atomic E-state index is 6.68. The number of hydrogen-bond acceptors (Lipinski definition) is 1. The van der Waals surface area contributed by atoms with Crippen LogP contribution in [-0.2, 0) is 5.41 Å². The molecule has 1 aromatic carbocycles. The molecule has 2 aromatic rings. The Balaban J connectivity index is 2.36. The van der Waals surface area contributed by atoms with Crippen LogP contribution >= 0.6 is 22.9 Å². The van der Waals surface area contributed by atoms with Crippen molar-refractivity contribution in [2.75, 3.05) is 0 Å². The maximum Gasteiger partial charge on any atom is 0.0930 e. The van der Waals surface area contributed by atoms with Crippen LogP contribution in [0, 0.1) is 13.8 Å². The van der Waals surface area contributed by atoms with Crippen molar-refractivity contribution in [2.24, 2.45) is 0 Å². The smallest absolute Gasteiger partial charge is 0.0930 e.